The van der Waals surface area contributed by atoms with Gasteiger partial charge in [0, 0.05) is 12.2 Å². The van der Waals surface area contributed by atoms with E-state index in [1.165, 1.54) is 0 Å². The summed E-state index contributed by atoms with van der Waals surface area (Å²) < 4.78 is 0. The molecule has 0 saturated heterocycles. The standard InChI is InChI=1S/C7H11NO2S/c8-6(7(9)10)4-5-2-1-3-11-5/h2,6H,1,3-4,8H2,(H,9,10). The van der Waals surface area contributed by atoms with Crippen LogP contribution in [0.2, 0.25) is 0 Å². The van der Waals surface area contributed by atoms with Crippen molar-refractivity contribution in [3.63, 3.8) is 0 Å². The summed E-state index contributed by atoms with van der Waals surface area (Å²) in [7, 11) is 0. The van der Waals surface area contributed by atoms with Crippen molar-refractivity contribution in [2.24, 2.45) is 5.73 Å². The zero-order valence-corrected chi connectivity index (χ0v) is 6.93. The van der Waals surface area contributed by atoms with Gasteiger partial charge >= 0.3 is 5.97 Å². The predicted molar refractivity (Wildman–Crippen MR) is 45.4 cm³/mol. The van der Waals surface area contributed by atoms with Gasteiger partial charge in [-0.3, -0.25) is 4.79 Å². The van der Waals surface area contributed by atoms with Crippen LogP contribution in [0.15, 0.2) is 11.0 Å². The molecule has 11 heavy (non-hydrogen) atoms. The van der Waals surface area contributed by atoms with Gasteiger partial charge in [-0.05, 0) is 11.3 Å². The first kappa shape index (κ1) is 8.62. The van der Waals surface area contributed by atoms with Crippen molar-refractivity contribution in [3.05, 3.63) is 11.0 Å². The van der Waals surface area contributed by atoms with Crippen LogP contribution in [0, 0.1) is 0 Å². The number of hydrogen-bond donors (Lipinski definition) is 2. The second-order valence-electron chi connectivity index (χ2n) is 2.46. The summed E-state index contributed by atoms with van der Waals surface area (Å²) in [6.45, 7) is 0. The minimum Gasteiger partial charge on any atom is -0.480 e. The average molecular weight is 173 g/mol. The highest BCUT2D eigenvalue weighted by molar-refractivity contribution is 8.03. The van der Waals surface area contributed by atoms with Gasteiger partial charge in [0.15, 0.2) is 0 Å². The van der Waals surface area contributed by atoms with E-state index in [1.807, 2.05) is 0 Å². The molecule has 1 aliphatic heterocycles. The van der Waals surface area contributed by atoms with Crippen molar-refractivity contribution in [2.75, 3.05) is 5.75 Å². The van der Waals surface area contributed by atoms with Crippen LogP contribution in [0.25, 0.3) is 0 Å². The summed E-state index contributed by atoms with van der Waals surface area (Å²) in [5, 5.41) is 8.48. The van der Waals surface area contributed by atoms with Crippen LogP contribution < -0.4 is 5.73 Å². The van der Waals surface area contributed by atoms with Crippen LogP contribution in [-0.4, -0.2) is 22.9 Å². The molecule has 0 radical (unpaired) electrons. The molecular formula is C7H11NO2S. The monoisotopic (exact) mass is 173 g/mol. The Kier molecular flexibility index (Phi) is 2.96. The molecule has 1 atom stereocenters. The van der Waals surface area contributed by atoms with Crippen LogP contribution in [0.5, 0.6) is 0 Å². The molecule has 0 bridgehead atoms. The predicted octanol–water partition coefficient (Wildman–Crippen LogP) is 0.809. The lowest BCUT2D eigenvalue weighted by Crippen LogP contribution is -2.29. The van der Waals surface area contributed by atoms with Gasteiger partial charge in [0.2, 0.25) is 0 Å². The molecule has 0 fully saturated rings. The SMILES string of the molecule is NC(CC1=CCCS1)C(=O)O. The smallest absolute Gasteiger partial charge is 0.320 e. The van der Waals surface area contributed by atoms with Crippen molar-refractivity contribution in [2.45, 2.75) is 18.9 Å². The van der Waals surface area contributed by atoms with Gasteiger partial charge in [-0.2, -0.15) is 0 Å². The Bertz CT molecular complexity index is 191. The largest absolute Gasteiger partial charge is 0.480 e. The normalized spacial score (nSPS) is 19.5. The zero-order valence-electron chi connectivity index (χ0n) is 6.12. The van der Waals surface area contributed by atoms with Crippen molar-refractivity contribution in [1.29, 1.82) is 0 Å². The fourth-order valence-corrected chi connectivity index (χ4v) is 1.95. The van der Waals surface area contributed by atoms with E-state index < -0.39 is 12.0 Å². The molecule has 1 unspecified atom stereocenters. The molecule has 0 aromatic heterocycles. The number of carboxylic acids is 1. The lowest BCUT2D eigenvalue weighted by atomic mass is 10.2. The summed E-state index contributed by atoms with van der Waals surface area (Å²) in [6, 6.07) is -0.730. The molecule has 3 N–H and O–H groups in total. The summed E-state index contributed by atoms with van der Waals surface area (Å²) in [5.74, 6) is 0.153. The van der Waals surface area contributed by atoms with Crippen LogP contribution in [0.3, 0.4) is 0 Å². The van der Waals surface area contributed by atoms with E-state index in [9.17, 15) is 4.79 Å². The molecule has 62 valence electrons. The molecule has 0 saturated carbocycles. The van der Waals surface area contributed by atoms with Gasteiger partial charge < -0.3 is 10.8 Å². The third-order valence-electron chi connectivity index (χ3n) is 1.52. The Morgan fingerprint density at radius 1 is 1.91 bits per heavy atom. The molecule has 1 rings (SSSR count). The van der Waals surface area contributed by atoms with Gasteiger partial charge in [0.25, 0.3) is 0 Å². The van der Waals surface area contributed by atoms with Crippen molar-refractivity contribution in [3.8, 4) is 0 Å². The van der Waals surface area contributed by atoms with E-state index >= 15 is 0 Å². The average Bonchev–Trinajstić information content (AvgIpc) is 2.39. The van der Waals surface area contributed by atoms with Gasteiger partial charge in [-0.1, -0.05) is 6.08 Å². The molecule has 1 heterocycles. The molecule has 0 aromatic rings. The highest BCUT2D eigenvalue weighted by Gasteiger charge is 2.15. The Labute approximate surface area is 69.7 Å². The fraction of sp³-hybridized carbons (Fsp3) is 0.571. The molecule has 3 nitrogen and oxygen atoms in total. The van der Waals surface area contributed by atoms with Crippen LogP contribution in [-0.2, 0) is 4.79 Å². The highest BCUT2D eigenvalue weighted by atomic mass is 32.2. The topological polar surface area (TPSA) is 63.3 Å². The molecule has 0 amide bonds. The zero-order chi connectivity index (χ0) is 8.27. The number of aliphatic carboxylic acids is 1. The van der Waals surface area contributed by atoms with Crippen molar-refractivity contribution < 1.29 is 9.90 Å². The van der Waals surface area contributed by atoms with E-state index in [0.717, 1.165) is 17.1 Å². The number of carbonyl (C=O) groups is 1. The number of nitrogens with two attached hydrogens (primary N) is 1. The Morgan fingerprint density at radius 3 is 3.09 bits per heavy atom. The van der Waals surface area contributed by atoms with E-state index in [2.05, 4.69) is 6.08 Å². The summed E-state index contributed by atoms with van der Waals surface area (Å²) in [6.07, 6.45) is 3.60. The third kappa shape index (κ3) is 2.55. The molecule has 1 aliphatic rings. The van der Waals surface area contributed by atoms with Crippen LogP contribution >= 0.6 is 11.8 Å². The first-order chi connectivity index (χ1) is 5.20. The summed E-state index contributed by atoms with van der Waals surface area (Å²) in [5.41, 5.74) is 5.34. The van der Waals surface area contributed by atoms with Gasteiger partial charge in [-0.15, -0.1) is 11.8 Å². The van der Waals surface area contributed by atoms with Gasteiger partial charge in [0.05, 0.1) is 0 Å². The maximum absolute atomic E-state index is 10.3. The summed E-state index contributed by atoms with van der Waals surface area (Å²) >= 11 is 1.71. The number of thioether (sulfide) groups is 1. The second-order valence-corrected chi connectivity index (χ2v) is 3.68. The molecule has 0 spiro atoms. The number of allylic oxidation sites excluding steroid dienone is 1. The maximum atomic E-state index is 10.3. The Morgan fingerprint density at radius 2 is 2.64 bits per heavy atom. The molecule has 4 heteroatoms. The Balaban J connectivity index is 2.35. The number of carboxylic acid groups (broad SMARTS) is 1. The third-order valence-corrected chi connectivity index (χ3v) is 2.66. The first-order valence-corrected chi connectivity index (χ1v) is 4.49. The minimum absolute atomic E-state index is 0.486. The number of rotatable bonds is 3. The van der Waals surface area contributed by atoms with Crippen molar-refractivity contribution >= 4 is 17.7 Å². The van der Waals surface area contributed by atoms with E-state index in [4.69, 9.17) is 10.8 Å². The van der Waals surface area contributed by atoms with Gasteiger partial charge in [-0.25, -0.2) is 0 Å². The maximum Gasteiger partial charge on any atom is 0.320 e. The second kappa shape index (κ2) is 3.78. The summed E-state index contributed by atoms with van der Waals surface area (Å²) in [4.78, 5) is 11.5. The van der Waals surface area contributed by atoms with E-state index in [0.29, 0.717) is 6.42 Å². The van der Waals surface area contributed by atoms with Crippen molar-refractivity contribution in [1.82, 2.24) is 0 Å². The Hall–Kier alpha value is -0.480. The van der Waals surface area contributed by atoms with Crippen LogP contribution in [0.1, 0.15) is 12.8 Å². The van der Waals surface area contributed by atoms with Gasteiger partial charge in [0.1, 0.15) is 6.04 Å². The molecule has 0 aliphatic carbocycles. The molecule has 0 aromatic carbocycles. The quantitative estimate of drug-likeness (QED) is 0.663. The lowest BCUT2D eigenvalue weighted by molar-refractivity contribution is -0.138. The fourth-order valence-electron chi connectivity index (χ4n) is 0.915. The van der Waals surface area contributed by atoms with E-state index in [-0.39, 0.29) is 0 Å². The highest BCUT2D eigenvalue weighted by Crippen LogP contribution is 2.27. The number of hydrogen-bond acceptors (Lipinski definition) is 3. The molecular weight excluding hydrogens is 162 g/mol. The minimum atomic E-state index is -0.918. The first-order valence-electron chi connectivity index (χ1n) is 3.50. The lowest BCUT2D eigenvalue weighted by Gasteiger charge is -2.05. The van der Waals surface area contributed by atoms with Crippen LogP contribution in [0.4, 0.5) is 0 Å². The van der Waals surface area contributed by atoms with E-state index in [1.54, 1.807) is 11.8 Å².